The minimum absolute atomic E-state index is 0.0253. The van der Waals surface area contributed by atoms with Gasteiger partial charge in [0.15, 0.2) is 12.2 Å². The van der Waals surface area contributed by atoms with E-state index in [0.717, 1.165) is 11.0 Å². The molecule has 0 N–H and O–H groups in total. The molecule has 1 fully saturated rings. The molecule has 298 valence electrons. The fourth-order valence-electron chi connectivity index (χ4n) is 7.39. The highest BCUT2D eigenvalue weighted by molar-refractivity contribution is 6.26. The first-order chi connectivity index (χ1) is 29.3. The zero-order valence-electron chi connectivity index (χ0n) is 31.8. The number of carbonyl (C=O) groups excluding carboxylic acids is 5. The van der Waals surface area contributed by atoms with Crippen LogP contribution in [0.4, 0.5) is 10.1 Å². The fraction of sp³-hybridized carbons (Fsp3) is 0.122. The number of esters is 3. The maximum atomic E-state index is 16.1. The maximum absolute atomic E-state index is 16.1. The van der Waals surface area contributed by atoms with Crippen LogP contribution in [0.3, 0.4) is 0 Å². The van der Waals surface area contributed by atoms with E-state index in [-0.39, 0.29) is 33.5 Å². The smallest absolute Gasteiger partial charge is 0.338 e. The number of hydrogen-bond acceptors (Lipinski definition) is 9. The molecule has 0 spiro atoms. The van der Waals surface area contributed by atoms with Crippen LogP contribution in [0.5, 0.6) is 0 Å². The van der Waals surface area contributed by atoms with Crippen molar-refractivity contribution < 1.29 is 47.3 Å². The van der Waals surface area contributed by atoms with Crippen LogP contribution < -0.4 is 4.90 Å². The standard InChI is InChI=1S/C49H36FNO9/c50-36-28-39-37(40(29-36)51(45(52)31-16-6-1-7-17-31)46(53)32-18-8-2-9-19-32)26-27-38(39)42-44(60-49(56)35-24-14-5-15-25-35)43(59-48(55)34-22-12-4-13-23-34)41(58-42)30-57-47(54)33-20-10-3-11-21-33/h1-29,38,41-44H,30H2/t38?,41?,42?,43-,44+/m1/s1. The van der Waals surface area contributed by atoms with E-state index >= 15 is 4.39 Å². The summed E-state index contributed by atoms with van der Waals surface area (Å²) in [6.07, 6.45) is -1.68. The molecule has 1 aliphatic heterocycles. The van der Waals surface area contributed by atoms with Gasteiger partial charge in [-0.05, 0) is 78.4 Å². The van der Waals surface area contributed by atoms with E-state index in [1.807, 2.05) is 0 Å². The summed E-state index contributed by atoms with van der Waals surface area (Å²) in [5, 5.41) is 0. The second kappa shape index (κ2) is 17.6. The fourth-order valence-corrected chi connectivity index (χ4v) is 7.39. The predicted molar refractivity (Wildman–Crippen MR) is 219 cm³/mol. The normalized spacial score (nSPS) is 18.9. The summed E-state index contributed by atoms with van der Waals surface area (Å²) in [6, 6.07) is 43.4. The zero-order valence-corrected chi connectivity index (χ0v) is 31.8. The van der Waals surface area contributed by atoms with Crippen molar-refractivity contribution in [3.63, 3.8) is 0 Å². The van der Waals surface area contributed by atoms with E-state index < -0.39 is 72.5 Å². The summed E-state index contributed by atoms with van der Waals surface area (Å²) in [6.45, 7) is -0.418. The molecule has 10 nitrogen and oxygen atoms in total. The van der Waals surface area contributed by atoms with E-state index in [4.69, 9.17) is 18.9 Å². The van der Waals surface area contributed by atoms with Gasteiger partial charge >= 0.3 is 17.9 Å². The highest BCUT2D eigenvalue weighted by Gasteiger charge is 2.54. The van der Waals surface area contributed by atoms with Crippen molar-refractivity contribution in [2.45, 2.75) is 30.3 Å². The van der Waals surface area contributed by atoms with Crippen molar-refractivity contribution in [2.75, 3.05) is 11.5 Å². The van der Waals surface area contributed by atoms with Crippen molar-refractivity contribution in [1.82, 2.24) is 0 Å². The van der Waals surface area contributed by atoms with Crippen molar-refractivity contribution in [2.24, 2.45) is 0 Å². The topological polar surface area (TPSA) is 126 Å². The van der Waals surface area contributed by atoms with Crippen LogP contribution in [0.25, 0.3) is 6.08 Å². The Bertz CT molecular complexity index is 2500. The summed E-state index contributed by atoms with van der Waals surface area (Å²) in [4.78, 5) is 70.1. The number of amides is 2. The SMILES string of the molecule is O=C(OCC1OC(C2C=Cc3c2cc(F)cc3N(C(=O)c2ccccc2)C(=O)c2ccccc2)[C@H](OC(=O)c2ccccc2)[C@@H]1OC(=O)c1ccccc1)c1ccccc1. The largest absolute Gasteiger partial charge is 0.459 e. The minimum atomic E-state index is -1.34. The Balaban J connectivity index is 1.20. The third-order valence-electron chi connectivity index (χ3n) is 10.3. The molecule has 3 unspecified atom stereocenters. The molecule has 0 bridgehead atoms. The molecule has 2 amide bonds. The van der Waals surface area contributed by atoms with Crippen molar-refractivity contribution in [3.8, 4) is 0 Å². The van der Waals surface area contributed by atoms with E-state index in [9.17, 15) is 24.0 Å². The zero-order chi connectivity index (χ0) is 41.6. The molecule has 0 aromatic heterocycles. The lowest BCUT2D eigenvalue weighted by Crippen LogP contribution is -2.43. The summed E-state index contributed by atoms with van der Waals surface area (Å²) in [5.74, 6) is -5.21. The van der Waals surface area contributed by atoms with Gasteiger partial charge in [0.2, 0.25) is 0 Å². The first kappa shape index (κ1) is 39.3. The first-order valence-electron chi connectivity index (χ1n) is 19.2. The number of anilines is 1. The molecule has 6 aromatic rings. The van der Waals surface area contributed by atoms with Crippen LogP contribution >= 0.6 is 0 Å². The van der Waals surface area contributed by atoms with Gasteiger partial charge in [-0.15, -0.1) is 0 Å². The number of fused-ring (bicyclic) bond motifs is 1. The van der Waals surface area contributed by atoms with Crippen LogP contribution in [-0.4, -0.2) is 60.7 Å². The van der Waals surface area contributed by atoms with E-state index in [2.05, 4.69) is 0 Å². The molecule has 11 heteroatoms. The molecule has 6 aromatic carbocycles. The van der Waals surface area contributed by atoms with Crippen molar-refractivity contribution in [3.05, 3.63) is 215 Å². The monoisotopic (exact) mass is 801 g/mol. The minimum Gasteiger partial charge on any atom is -0.459 e. The number of rotatable bonds is 11. The second-order valence-electron chi connectivity index (χ2n) is 14.1. The molecule has 8 rings (SSSR count). The predicted octanol–water partition coefficient (Wildman–Crippen LogP) is 8.50. The Labute approximate surface area is 344 Å². The number of hydrogen-bond donors (Lipinski definition) is 0. The summed E-state index contributed by atoms with van der Waals surface area (Å²) in [7, 11) is 0. The molecule has 1 aliphatic carbocycles. The molecule has 1 saturated heterocycles. The van der Waals surface area contributed by atoms with Gasteiger partial charge in [0.25, 0.3) is 11.8 Å². The van der Waals surface area contributed by atoms with Crippen LogP contribution in [-0.2, 0) is 18.9 Å². The highest BCUT2D eigenvalue weighted by atomic mass is 19.1. The van der Waals surface area contributed by atoms with Crippen LogP contribution in [0.2, 0.25) is 0 Å². The molecule has 2 aliphatic rings. The van der Waals surface area contributed by atoms with Crippen LogP contribution in [0.1, 0.15) is 68.8 Å². The average molecular weight is 802 g/mol. The Morgan fingerprint density at radius 2 is 0.983 bits per heavy atom. The van der Waals surface area contributed by atoms with Gasteiger partial charge in [-0.1, -0.05) is 103 Å². The molecular weight excluding hydrogens is 766 g/mol. The number of imide groups is 1. The van der Waals surface area contributed by atoms with Crippen LogP contribution in [0, 0.1) is 5.82 Å². The number of ether oxygens (including phenoxy) is 4. The number of halogens is 1. The third kappa shape index (κ3) is 8.25. The van der Waals surface area contributed by atoms with Gasteiger partial charge in [-0.3, -0.25) is 9.59 Å². The second-order valence-corrected chi connectivity index (χ2v) is 14.1. The van der Waals surface area contributed by atoms with E-state index in [1.165, 1.54) is 6.07 Å². The highest BCUT2D eigenvalue weighted by Crippen LogP contribution is 2.45. The molecule has 1 heterocycles. The summed E-state index contributed by atoms with van der Waals surface area (Å²) < 4.78 is 40.6. The maximum Gasteiger partial charge on any atom is 0.338 e. The van der Waals surface area contributed by atoms with Gasteiger partial charge < -0.3 is 18.9 Å². The number of carbonyl (C=O) groups is 5. The van der Waals surface area contributed by atoms with Crippen molar-refractivity contribution in [1.29, 1.82) is 0 Å². The van der Waals surface area contributed by atoms with Gasteiger partial charge in [0, 0.05) is 22.6 Å². The third-order valence-corrected chi connectivity index (χ3v) is 10.3. The lowest BCUT2D eigenvalue weighted by molar-refractivity contribution is -0.0454. The van der Waals surface area contributed by atoms with Crippen molar-refractivity contribution >= 4 is 41.5 Å². The molecule has 60 heavy (non-hydrogen) atoms. The number of benzene rings is 6. The molecule has 5 atom stereocenters. The molecular formula is C49H36FNO9. The van der Waals surface area contributed by atoms with E-state index in [1.54, 1.807) is 164 Å². The first-order valence-corrected chi connectivity index (χ1v) is 19.2. The Hall–Kier alpha value is -7.50. The van der Waals surface area contributed by atoms with Gasteiger partial charge in [-0.25, -0.2) is 23.7 Å². The van der Waals surface area contributed by atoms with Crippen LogP contribution in [0.15, 0.2) is 170 Å². The molecule has 0 radical (unpaired) electrons. The van der Waals surface area contributed by atoms with Gasteiger partial charge in [-0.2, -0.15) is 0 Å². The lowest BCUT2D eigenvalue weighted by atomic mass is 9.90. The molecule has 0 saturated carbocycles. The van der Waals surface area contributed by atoms with E-state index in [0.29, 0.717) is 11.1 Å². The Kier molecular flexibility index (Phi) is 11.5. The quantitative estimate of drug-likeness (QED) is 0.0721. The summed E-state index contributed by atoms with van der Waals surface area (Å²) in [5.41, 5.74) is 1.69. The van der Waals surface area contributed by atoms with Gasteiger partial charge in [0.05, 0.1) is 22.4 Å². The Morgan fingerprint density at radius 1 is 0.550 bits per heavy atom. The Morgan fingerprint density at radius 3 is 1.47 bits per heavy atom. The lowest BCUT2D eigenvalue weighted by Gasteiger charge is -2.28. The summed E-state index contributed by atoms with van der Waals surface area (Å²) >= 11 is 0. The average Bonchev–Trinajstić information content (AvgIpc) is 3.87. The van der Waals surface area contributed by atoms with Gasteiger partial charge in [0.1, 0.15) is 24.6 Å². The number of nitrogens with zero attached hydrogens (tertiary/aromatic N) is 1.